The van der Waals surface area contributed by atoms with E-state index in [1.54, 1.807) is 5.69 Å². The molecule has 134 valence electrons. The van der Waals surface area contributed by atoms with Crippen molar-refractivity contribution in [1.29, 1.82) is 0 Å². The third-order valence-electron chi connectivity index (χ3n) is 5.92. The van der Waals surface area contributed by atoms with Crippen molar-refractivity contribution >= 4 is 35.7 Å². The quantitative estimate of drug-likeness (QED) is 0.783. The van der Waals surface area contributed by atoms with Crippen LogP contribution >= 0.6 is 24.8 Å². The highest BCUT2D eigenvalue weighted by Crippen LogP contribution is 2.42. The van der Waals surface area contributed by atoms with Crippen molar-refractivity contribution in [2.45, 2.75) is 45.8 Å². The zero-order valence-corrected chi connectivity index (χ0v) is 16.5. The van der Waals surface area contributed by atoms with E-state index in [1.807, 2.05) is 0 Å². The van der Waals surface area contributed by atoms with Crippen molar-refractivity contribution < 1.29 is 0 Å². The Labute approximate surface area is 157 Å². The Kier molecular flexibility index (Phi) is 6.24. The standard InChI is InChI=1S/C19H27N3.2ClH/c1-4-20-12-13-21(5-2)19-17(20)10-11-22-16-9-7-6-8-15(16)14(3)18(19)22;;/h6-9,17,19H,4-5,10-13H2,1-3H3;2*1H/t17-,19+;;/m0../s1. The Bertz CT molecular complexity index is 697. The SMILES string of the molecule is CCN1CCN(CC)[C@H]2c3c(C)c4ccccc4n3CC[C@@H]21.Cl.Cl. The van der Waals surface area contributed by atoms with Crippen LogP contribution < -0.4 is 0 Å². The van der Waals surface area contributed by atoms with Crippen LogP contribution in [0, 0.1) is 6.92 Å². The average molecular weight is 370 g/mol. The summed E-state index contributed by atoms with van der Waals surface area (Å²) in [6.07, 6.45) is 1.28. The van der Waals surface area contributed by atoms with E-state index in [1.165, 1.54) is 49.1 Å². The van der Waals surface area contributed by atoms with Gasteiger partial charge in [-0.25, -0.2) is 0 Å². The molecule has 0 aliphatic carbocycles. The summed E-state index contributed by atoms with van der Waals surface area (Å²) in [5.74, 6) is 0. The normalized spacial score (nSPS) is 24.0. The van der Waals surface area contributed by atoms with E-state index >= 15 is 0 Å². The lowest BCUT2D eigenvalue weighted by atomic mass is 9.90. The molecule has 3 heterocycles. The molecule has 0 bridgehead atoms. The summed E-state index contributed by atoms with van der Waals surface area (Å²) in [5, 5.41) is 1.45. The summed E-state index contributed by atoms with van der Waals surface area (Å²) < 4.78 is 2.60. The minimum absolute atomic E-state index is 0. The molecule has 24 heavy (non-hydrogen) atoms. The van der Waals surface area contributed by atoms with Crippen molar-refractivity contribution in [3.63, 3.8) is 0 Å². The highest BCUT2D eigenvalue weighted by Gasteiger charge is 2.41. The first-order valence-corrected chi connectivity index (χ1v) is 8.82. The number of aromatic nitrogens is 1. The Hall–Kier alpha value is -0.740. The summed E-state index contributed by atoms with van der Waals surface area (Å²) in [4.78, 5) is 5.41. The van der Waals surface area contributed by atoms with Crippen molar-refractivity contribution in [3.05, 3.63) is 35.5 Å². The Balaban J connectivity index is 0.00000104. The first-order valence-electron chi connectivity index (χ1n) is 8.82. The molecular formula is C19H29Cl2N3. The molecule has 1 aromatic heterocycles. The van der Waals surface area contributed by atoms with Gasteiger partial charge in [-0.1, -0.05) is 32.0 Å². The fourth-order valence-corrected chi connectivity index (χ4v) is 4.83. The zero-order valence-electron chi connectivity index (χ0n) is 14.9. The molecule has 5 heteroatoms. The van der Waals surface area contributed by atoms with Crippen molar-refractivity contribution in [3.8, 4) is 0 Å². The Morgan fingerprint density at radius 3 is 2.33 bits per heavy atom. The van der Waals surface area contributed by atoms with Gasteiger partial charge in [-0.05, 0) is 38.1 Å². The second-order valence-electron chi connectivity index (χ2n) is 6.74. The number of nitrogens with zero attached hydrogens (tertiary/aromatic N) is 3. The van der Waals surface area contributed by atoms with Gasteiger partial charge in [0.25, 0.3) is 0 Å². The largest absolute Gasteiger partial charge is 0.343 e. The lowest BCUT2D eigenvalue weighted by Crippen LogP contribution is -2.57. The first-order chi connectivity index (χ1) is 10.8. The van der Waals surface area contributed by atoms with Crippen LogP contribution in [0.25, 0.3) is 10.9 Å². The number of rotatable bonds is 2. The summed E-state index contributed by atoms with van der Waals surface area (Å²) in [6, 6.07) is 10.2. The average Bonchev–Trinajstić information content (AvgIpc) is 2.87. The molecule has 0 amide bonds. The van der Waals surface area contributed by atoms with E-state index in [0.717, 1.165) is 6.54 Å². The predicted molar refractivity (Wildman–Crippen MR) is 107 cm³/mol. The number of hydrogen-bond acceptors (Lipinski definition) is 2. The molecule has 3 nitrogen and oxygen atoms in total. The number of likely N-dealkylation sites (N-methyl/N-ethyl adjacent to an activating group) is 2. The molecule has 0 spiro atoms. The van der Waals surface area contributed by atoms with E-state index < -0.39 is 0 Å². The molecule has 2 aromatic rings. The number of hydrogen-bond donors (Lipinski definition) is 0. The molecule has 2 atom stereocenters. The van der Waals surface area contributed by atoms with Gasteiger partial charge in [0, 0.05) is 42.3 Å². The number of piperazine rings is 1. The number of benzene rings is 1. The molecule has 1 fully saturated rings. The molecule has 0 radical (unpaired) electrons. The highest BCUT2D eigenvalue weighted by molar-refractivity contribution is 5.86. The maximum absolute atomic E-state index is 2.71. The minimum Gasteiger partial charge on any atom is -0.343 e. The fourth-order valence-electron chi connectivity index (χ4n) is 4.83. The van der Waals surface area contributed by atoms with Gasteiger partial charge in [0.1, 0.15) is 0 Å². The second-order valence-corrected chi connectivity index (χ2v) is 6.74. The smallest absolute Gasteiger partial charge is 0.0661 e. The van der Waals surface area contributed by atoms with E-state index in [9.17, 15) is 0 Å². The van der Waals surface area contributed by atoms with Crippen LogP contribution in [-0.2, 0) is 6.54 Å². The van der Waals surface area contributed by atoms with E-state index in [2.05, 4.69) is 59.4 Å². The summed E-state index contributed by atoms with van der Waals surface area (Å²) >= 11 is 0. The van der Waals surface area contributed by atoms with E-state index in [-0.39, 0.29) is 24.8 Å². The maximum atomic E-state index is 2.71. The van der Waals surface area contributed by atoms with Gasteiger partial charge in [-0.15, -0.1) is 24.8 Å². The summed E-state index contributed by atoms with van der Waals surface area (Å²) in [6.45, 7) is 12.9. The molecule has 0 N–H and O–H groups in total. The molecule has 0 saturated carbocycles. The minimum atomic E-state index is 0. The zero-order chi connectivity index (χ0) is 15.3. The van der Waals surface area contributed by atoms with Crippen LogP contribution in [0.5, 0.6) is 0 Å². The Morgan fingerprint density at radius 2 is 1.62 bits per heavy atom. The fraction of sp³-hybridized carbons (Fsp3) is 0.579. The third kappa shape index (κ3) is 2.76. The Morgan fingerprint density at radius 1 is 0.958 bits per heavy atom. The lowest BCUT2D eigenvalue weighted by molar-refractivity contribution is 0.00431. The molecule has 0 unspecified atom stereocenters. The monoisotopic (exact) mass is 369 g/mol. The molecule has 4 rings (SSSR count). The van der Waals surface area contributed by atoms with Gasteiger partial charge in [-0.2, -0.15) is 0 Å². The molecule has 2 aliphatic heterocycles. The van der Waals surface area contributed by atoms with Gasteiger partial charge in [0.2, 0.25) is 0 Å². The molecule has 1 aromatic carbocycles. The number of aryl methyl sites for hydroxylation is 2. The van der Waals surface area contributed by atoms with Crippen LogP contribution in [0.2, 0.25) is 0 Å². The molecular weight excluding hydrogens is 341 g/mol. The molecule has 1 saturated heterocycles. The van der Waals surface area contributed by atoms with E-state index in [0.29, 0.717) is 12.1 Å². The van der Waals surface area contributed by atoms with Crippen molar-refractivity contribution in [1.82, 2.24) is 14.4 Å². The van der Waals surface area contributed by atoms with Crippen LogP contribution in [0.3, 0.4) is 0 Å². The lowest BCUT2D eigenvalue weighted by Gasteiger charge is -2.50. The highest BCUT2D eigenvalue weighted by atomic mass is 35.5. The topological polar surface area (TPSA) is 11.4 Å². The van der Waals surface area contributed by atoms with E-state index in [4.69, 9.17) is 0 Å². The summed E-state index contributed by atoms with van der Waals surface area (Å²) in [7, 11) is 0. The van der Waals surface area contributed by atoms with Gasteiger partial charge in [0.15, 0.2) is 0 Å². The van der Waals surface area contributed by atoms with Crippen LogP contribution in [-0.4, -0.2) is 46.6 Å². The van der Waals surface area contributed by atoms with Crippen molar-refractivity contribution in [2.24, 2.45) is 0 Å². The van der Waals surface area contributed by atoms with Crippen LogP contribution in [0.1, 0.15) is 37.6 Å². The summed E-state index contributed by atoms with van der Waals surface area (Å²) in [5.41, 5.74) is 4.51. The van der Waals surface area contributed by atoms with Crippen LogP contribution in [0.4, 0.5) is 0 Å². The second kappa shape index (κ2) is 7.65. The maximum Gasteiger partial charge on any atom is 0.0661 e. The first kappa shape index (κ1) is 19.6. The van der Waals surface area contributed by atoms with Crippen molar-refractivity contribution in [2.75, 3.05) is 26.2 Å². The molecule has 2 aliphatic rings. The van der Waals surface area contributed by atoms with Gasteiger partial charge >= 0.3 is 0 Å². The number of fused-ring (bicyclic) bond motifs is 5. The number of para-hydroxylation sites is 1. The third-order valence-corrected chi connectivity index (χ3v) is 5.92. The van der Waals surface area contributed by atoms with Gasteiger partial charge in [0.05, 0.1) is 6.04 Å². The number of halogens is 2. The van der Waals surface area contributed by atoms with Gasteiger partial charge in [-0.3, -0.25) is 9.80 Å². The van der Waals surface area contributed by atoms with Gasteiger partial charge < -0.3 is 4.57 Å². The van der Waals surface area contributed by atoms with Crippen LogP contribution in [0.15, 0.2) is 24.3 Å². The predicted octanol–water partition coefficient (Wildman–Crippen LogP) is 4.26.